The van der Waals surface area contributed by atoms with Crippen LogP contribution in [0.1, 0.15) is 44.5 Å². The Bertz CT molecular complexity index is 567. The molecule has 0 aromatic heterocycles. The first-order valence-electron chi connectivity index (χ1n) is 6.57. The lowest BCUT2D eigenvalue weighted by Gasteiger charge is -2.20. The highest BCUT2D eigenvalue weighted by molar-refractivity contribution is 6.33. The van der Waals surface area contributed by atoms with E-state index in [4.69, 9.17) is 27.2 Å². The number of carboxylic acids is 1. The van der Waals surface area contributed by atoms with Crippen LogP contribution in [0.3, 0.4) is 0 Å². The number of nitrogens with two attached hydrogens (primary N) is 1. The van der Waals surface area contributed by atoms with Gasteiger partial charge in [0.15, 0.2) is 5.78 Å². The molecule has 0 unspecified atom stereocenters. The number of carbonyl (C=O) groups excluding carboxylic acids is 1. The summed E-state index contributed by atoms with van der Waals surface area (Å²) in [5, 5.41) is 9.36. The summed E-state index contributed by atoms with van der Waals surface area (Å²) in [5.74, 6) is -1.07. The minimum Gasteiger partial charge on any atom is -0.490 e. The van der Waals surface area contributed by atoms with Crippen LogP contribution in [0, 0.1) is 5.41 Å². The second kappa shape index (κ2) is 6.35. The van der Waals surface area contributed by atoms with Gasteiger partial charge in [-0.05, 0) is 33.8 Å². The number of carboxylic acid groups (broad SMARTS) is 1. The Hall–Kier alpha value is -1.75. The van der Waals surface area contributed by atoms with Gasteiger partial charge >= 0.3 is 5.97 Å². The van der Waals surface area contributed by atoms with Gasteiger partial charge in [-0.3, -0.25) is 9.59 Å². The predicted molar refractivity (Wildman–Crippen MR) is 82.0 cm³/mol. The van der Waals surface area contributed by atoms with Crippen LogP contribution in [0.5, 0.6) is 5.75 Å². The largest absolute Gasteiger partial charge is 0.490 e. The van der Waals surface area contributed by atoms with Crippen molar-refractivity contribution >= 4 is 29.0 Å². The number of halogens is 1. The highest BCUT2D eigenvalue weighted by Gasteiger charge is 2.31. The van der Waals surface area contributed by atoms with Crippen molar-refractivity contribution in [1.82, 2.24) is 0 Å². The fraction of sp³-hybridized carbons (Fsp3) is 0.467. The van der Waals surface area contributed by atoms with Crippen LogP contribution in [-0.2, 0) is 4.79 Å². The Morgan fingerprint density at radius 1 is 1.38 bits per heavy atom. The fourth-order valence-electron chi connectivity index (χ4n) is 1.71. The topological polar surface area (TPSA) is 89.6 Å². The Labute approximate surface area is 129 Å². The van der Waals surface area contributed by atoms with Gasteiger partial charge in [0.05, 0.1) is 27.8 Å². The molecule has 0 saturated heterocycles. The molecule has 21 heavy (non-hydrogen) atoms. The number of ketones is 1. The maximum Gasteiger partial charge on any atom is 0.309 e. The third kappa shape index (κ3) is 4.36. The van der Waals surface area contributed by atoms with Crippen molar-refractivity contribution in [2.24, 2.45) is 5.41 Å². The summed E-state index contributed by atoms with van der Waals surface area (Å²) in [7, 11) is 0. The summed E-state index contributed by atoms with van der Waals surface area (Å²) in [6.45, 7) is 6.63. The van der Waals surface area contributed by atoms with E-state index in [0.717, 1.165) is 0 Å². The molecule has 0 amide bonds. The predicted octanol–water partition coefficient (Wildman–Crippen LogP) is 3.39. The molecule has 6 heteroatoms. The van der Waals surface area contributed by atoms with E-state index in [9.17, 15) is 9.59 Å². The number of anilines is 1. The van der Waals surface area contributed by atoms with E-state index < -0.39 is 11.4 Å². The molecule has 116 valence electrons. The quantitative estimate of drug-likeness (QED) is 0.620. The number of Topliss-reactive ketones (excluding diaryl/α,β-unsaturated/α-hetero) is 1. The molecule has 0 radical (unpaired) electrons. The van der Waals surface area contributed by atoms with Crippen LogP contribution in [0.2, 0.25) is 5.02 Å². The first-order chi connectivity index (χ1) is 9.54. The van der Waals surface area contributed by atoms with Gasteiger partial charge in [-0.2, -0.15) is 0 Å². The molecular weight excluding hydrogens is 294 g/mol. The molecule has 0 aliphatic rings. The summed E-state index contributed by atoms with van der Waals surface area (Å²) < 4.78 is 5.57. The van der Waals surface area contributed by atoms with E-state index in [1.54, 1.807) is 0 Å². The first-order valence-corrected chi connectivity index (χ1v) is 6.94. The molecule has 0 saturated carbocycles. The molecule has 0 atom stereocenters. The number of rotatable bonds is 6. The highest BCUT2D eigenvalue weighted by Crippen LogP contribution is 2.33. The molecule has 0 bridgehead atoms. The van der Waals surface area contributed by atoms with Crippen LogP contribution < -0.4 is 10.5 Å². The van der Waals surface area contributed by atoms with E-state index in [1.165, 1.54) is 26.0 Å². The van der Waals surface area contributed by atoms with E-state index in [-0.39, 0.29) is 28.9 Å². The molecule has 3 N–H and O–H groups in total. The molecule has 1 rings (SSSR count). The van der Waals surface area contributed by atoms with Crippen LogP contribution in [0.15, 0.2) is 12.1 Å². The number of ether oxygens (including phenoxy) is 1. The van der Waals surface area contributed by atoms with Crippen molar-refractivity contribution in [3.8, 4) is 5.75 Å². The highest BCUT2D eigenvalue weighted by atomic mass is 35.5. The number of benzene rings is 1. The van der Waals surface area contributed by atoms with E-state index >= 15 is 0 Å². The molecule has 0 fully saturated rings. The van der Waals surface area contributed by atoms with Gasteiger partial charge in [0.25, 0.3) is 0 Å². The minimum absolute atomic E-state index is 0.149. The molecule has 0 aliphatic heterocycles. The SMILES string of the molecule is CC(C)Oc1cc(N)c(Cl)cc1C(=O)CC(C)(C)C(=O)O. The molecular formula is C15H20ClNO4. The van der Waals surface area contributed by atoms with E-state index in [0.29, 0.717) is 11.4 Å². The average molecular weight is 314 g/mol. The second-order valence-corrected chi connectivity index (χ2v) is 6.23. The number of hydrogen-bond acceptors (Lipinski definition) is 4. The maximum absolute atomic E-state index is 12.4. The minimum atomic E-state index is -1.17. The Morgan fingerprint density at radius 2 is 1.95 bits per heavy atom. The van der Waals surface area contributed by atoms with Crippen LogP contribution in [0.25, 0.3) is 0 Å². The zero-order valence-corrected chi connectivity index (χ0v) is 13.3. The third-order valence-electron chi connectivity index (χ3n) is 2.94. The Morgan fingerprint density at radius 3 is 2.43 bits per heavy atom. The number of carbonyl (C=O) groups is 2. The fourth-order valence-corrected chi connectivity index (χ4v) is 1.87. The van der Waals surface area contributed by atoms with Crippen LogP contribution in [0.4, 0.5) is 5.69 Å². The molecule has 0 spiro atoms. The van der Waals surface area contributed by atoms with Crippen molar-refractivity contribution in [1.29, 1.82) is 0 Å². The number of nitrogen functional groups attached to an aromatic ring is 1. The standard InChI is InChI=1S/C15H20ClNO4/c1-8(2)21-13-6-11(17)10(16)5-9(13)12(18)7-15(3,4)14(19)20/h5-6,8H,7,17H2,1-4H3,(H,19,20). The Balaban J connectivity index is 3.19. The van der Waals surface area contributed by atoms with Gasteiger partial charge in [-0.1, -0.05) is 11.6 Å². The zero-order valence-electron chi connectivity index (χ0n) is 12.6. The summed E-state index contributed by atoms with van der Waals surface area (Å²) >= 11 is 5.95. The summed E-state index contributed by atoms with van der Waals surface area (Å²) in [6, 6.07) is 2.91. The van der Waals surface area contributed by atoms with Crippen molar-refractivity contribution in [3.05, 3.63) is 22.7 Å². The molecule has 0 aliphatic carbocycles. The third-order valence-corrected chi connectivity index (χ3v) is 3.27. The van der Waals surface area contributed by atoms with Gasteiger partial charge in [-0.15, -0.1) is 0 Å². The van der Waals surface area contributed by atoms with Crippen molar-refractivity contribution in [2.75, 3.05) is 5.73 Å². The van der Waals surface area contributed by atoms with Gasteiger partial charge in [0.2, 0.25) is 0 Å². The second-order valence-electron chi connectivity index (χ2n) is 5.83. The van der Waals surface area contributed by atoms with Crippen molar-refractivity contribution in [2.45, 2.75) is 40.2 Å². The number of aliphatic carboxylic acids is 1. The first kappa shape index (κ1) is 17.3. The van der Waals surface area contributed by atoms with Crippen LogP contribution >= 0.6 is 11.6 Å². The smallest absolute Gasteiger partial charge is 0.309 e. The van der Waals surface area contributed by atoms with E-state index in [2.05, 4.69) is 0 Å². The van der Waals surface area contributed by atoms with Gasteiger partial charge < -0.3 is 15.6 Å². The summed E-state index contributed by atoms with van der Waals surface area (Å²) in [4.78, 5) is 23.5. The van der Waals surface area contributed by atoms with Gasteiger partial charge in [0.1, 0.15) is 5.75 Å². The zero-order chi connectivity index (χ0) is 16.4. The molecule has 5 nitrogen and oxygen atoms in total. The lowest BCUT2D eigenvalue weighted by Crippen LogP contribution is -2.27. The molecule has 0 heterocycles. The Kier molecular flexibility index (Phi) is 5.23. The van der Waals surface area contributed by atoms with E-state index in [1.807, 2.05) is 13.8 Å². The normalized spacial score (nSPS) is 11.5. The average Bonchev–Trinajstić information content (AvgIpc) is 2.31. The summed E-state index contributed by atoms with van der Waals surface area (Å²) in [5.41, 5.74) is 5.11. The van der Waals surface area contributed by atoms with Gasteiger partial charge in [0, 0.05) is 12.5 Å². The monoisotopic (exact) mass is 313 g/mol. The number of hydrogen-bond donors (Lipinski definition) is 2. The van der Waals surface area contributed by atoms with Crippen molar-refractivity contribution < 1.29 is 19.4 Å². The van der Waals surface area contributed by atoms with Crippen molar-refractivity contribution in [3.63, 3.8) is 0 Å². The molecule has 1 aromatic carbocycles. The summed E-state index contributed by atoms with van der Waals surface area (Å²) in [6.07, 6.45) is -0.304. The van der Waals surface area contributed by atoms with Crippen LogP contribution in [-0.4, -0.2) is 23.0 Å². The lowest BCUT2D eigenvalue weighted by atomic mass is 9.85. The lowest BCUT2D eigenvalue weighted by molar-refractivity contribution is -0.146. The molecule has 1 aromatic rings. The van der Waals surface area contributed by atoms with Gasteiger partial charge in [-0.25, -0.2) is 0 Å². The maximum atomic E-state index is 12.4.